The standard InChI is InChI=1S/C16H11NO4/c18-15(13-9-21-14-4-2-1-3-12(13)14)17-11-7-5-10(6-8-11)16(19)20/h1-9H,(H,17,18)(H,19,20). The van der Waals surface area contributed by atoms with Gasteiger partial charge in [0, 0.05) is 11.1 Å². The van der Waals surface area contributed by atoms with Crippen molar-refractivity contribution in [3.05, 3.63) is 65.9 Å². The second-order valence-electron chi connectivity index (χ2n) is 4.48. The predicted octanol–water partition coefficient (Wildman–Crippen LogP) is 3.38. The third kappa shape index (κ3) is 2.49. The van der Waals surface area contributed by atoms with Gasteiger partial charge in [0.15, 0.2) is 0 Å². The van der Waals surface area contributed by atoms with E-state index in [1.54, 1.807) is 24.3 Å². The minimum atomic E-state index is -1.01. The molecule has 3 rings (SSSR count). The normalized spacial score (nSPS) is 10.5. The van der Waals surface area contributed by atoms with Crippen LogP contribution in [0.5, 0.6) is 0 Å². The van der Waals surface area contributed by atoms with Gasteiger partial charge in [-0.15, -0.1) is 0 Å². The fourth-order valence-corrected chi connectivity index (χ4v) is 2.05. The zero-order chi connectivity index (χ0) is 14.8. The van der Waals surface area contributed by atoms with E-state index in [0.717, 1.165) is 5.39 Å². The van der Waals surface area contributed by atoms with Gasteiger partial charge in [0.25, 0.3) is 5.91 Å². The zero-order valence-corrected chi connectivity index (χ0v) is 10.9. The van der Waals surface area contributed by atoms with Gasteiger partial charge in [-0.1, -0.05) is 18.2 Å². The van der Waals surface area contributed by atoms with Crippen LogP contribution in [0.15, 0.2) is 59.2 Å². The number of fused-ring (bicyclic) bond motifs is 1. The Morgan fingerprint density at radius 2 is 1.71 bits per heavy atom. The Balaban J connectivity index is 1.84. The number of furan rings is 1. The number of carbonyl (C=O) groups is 2. The summed E-state index contributed by atoms with van der Waals surface area (Å²) in [7, 11) is 0. The Labute approximate surface area is 119 Å². The zero-order valence-electron chi connectivity index (χ0n) is 10.9. The molecule has 0 aliphatic heterocycles. The molecule has 1 amide bonds. The number of rotatable bonds is 3. The van der Waals surface area contributed by atoms with Crippen molar-refractivity contribution in [2.45, 2.75) is 0 Å². The quantitative estimate of drug-likeness (QED) is 0.771. The number of carboxylic acids is 1. The number of benzene rings is 2. The molecule has 0 aliphatic rings. The Morgan fingerprint density at radius 3 is 2.43 bits per heavy atom. The van der Waals surface area contributed by atoms with Gasteiger partial charge in [-0.2, -0.15) is 0 Å². The summed E-state index contributed by atoms with van der Waals surface area (Å²) in [5.41, 5.74) is 1.77. The monoisotopic (exact) mass is 281 g/mol. The number of hydrogen-bond donors (Lipinski definition) is 2. The van der Waals surface area contributed by atoms with Crippen molar-refractivity contribution in [3.63, 3.8) is 0 Å². The van der Waals surface area contributed by atoms with Crippen LogP contribution in [0.4, 0.5) is 5.69 Å². The molecule has 2 aromatic carbocycles. The number of carbonyl (C=O) groups excluding carboxylic acids is 1. The lowest BCUT2D eigenvalue weighted by atomic mass is 10.1. The lowest BCUT2D eigenvalue weighted by Crippen LogP contribution is -2.11. The van der Waals surface area contributed by atoms with Crippen molar-refractivity contribution in [3.8, 4) is 0 Å². The molecule has 0 fully saturated rings. The first kappa shape index (κ1) is 12.9. The van der Waals surface area contributed by atoms with Gasteiger partial charge < -0.3 is 14.8 Å². The van der Waals surface area contributed by atoms with Crippen molar-refractivity contribution in [2.24, 2.45) is 0 Å². The molecule has 104 valence electrons. The van der Waals surface area contributed by atoms with Crippen molar-refractivity contribution in [1.29, 1.82) is 0 Å². The molecule has 2 N–H and O–H groups in total. The SMILES string of the molecule is O=C(O)c1ccc(NC(=O)c2coc3ccccc23)cc1. The van der Waals surface area contributed by atoms with Crippen molar-refractivity contribution in [1.82, 2.24) is 0 Å². The third-order valence-electron chi connectivity index (χ3n) is 3.12. The minimum Gasteiger partial charge on any atom is -0.478 e. The van der Waals surface area contributed by atoms with Crippen LogP contribution in [-0.2, 0) is 0 Å². The molecular weight excluding hydrogens is 270 g/mol. The lowest BCUT2D eigenvalue weighted by molar-refractivity contribution is 0.0696. The van der Waals surface area contributed by atoms with Crippen LogP contribution in [0.25, 0.3) is 11.0 Å². The molecule has 3 aromatic rings. The van der Waals surface area contributed by atoms with Crippen LogP contribution in [0, 0.1) is 0 Å². The first-order valence-corrected chi connectivity index (χ1v) is 6.26. The first-order chi connectivity index (χ1) is 10.1. The molecule has 0 atom stereocenters. The topological polar surface area (TPSA) is 79.5 Å². The highest BCUT2D eigenvalue weighted by atomic mass is 16.4. The van der Waals surface area contributed by atoms with E-state index < -0.39 is 5.97 Å². The molecular formula is C16H11NO4. The summed E-state index contributed by atoms with van der Waals surface area (Å²) in [6, 6.07) is 13.2. The van der Waals surface area contributed by atoms with Crippen molar-refractivity contribution in [2.75, 3.05) is 5.32 Å². The molecule has 0 aliphatic carbocycles. The number of aromatic carboxylic acids is 1. The largest absolute Gasteiger partial charge is 0.478 e. The maximum Gasteiger partial charge on any atom is 0.335 e. The van der Waals surface area contributed by atoms with E-state index in [1.165, 1.54) is 18.4 Å². The van der Waals surface area contributed by atoms with Gasteiger partial charge in [-0.25, -0.2) is 4.79 Å². The summed E-state index contributed by atoms with van der Waals surface area (Å²) in [4.78, 5) is 23.0. The van der Waals surface area contributed by atoms with Crippen LogP contribution in [-0.4, -0.2) is 17.0 Å². The van der Waals surface area contributed by atoms with Gasteiger partial charge in [0.2, 0.25) is 0 Å². The molecule has 0 saturated carbocycles. The van der Waals surface area contributed by atoms with Crippen LogP contribution < -0.4 is 5.32 Å². The Kier molecular flexibility index (Phi) is 3.16. The van der Waals surface area contributed by atoms with Gasteiger partial charge >= 0.3 is 5.97 Å². The molecule has 0 radical (unpaired) electrons. The van der Waals surface area contributed by atoms with Crippen molar-refractivity contribution >= 4 is 28.5 Å². The third-order valence-corrected chi connectivity index (χ3v) is 3.12. The maximum atomic E-state index is 12.2. The number of nitrogens with one attached hydrogen (secondary N) is 1. The molecule has 0 bridgehead atoms. The molecule has 0 unspecified atom stereocenters. The smallest absolute Gasteiger partial charge is 0.335 e. The fourth-order valence-electron chi connectivity index (χ4n) is 2.05. The van der Waals surface area contributed by atoms with E-state index in [9.17, 15) is 9.59 Å². The van der Waals surface area contributed by atoms with Gasteiger partial charge in [-0.3, -0.25) is 4.79 Å². The minimum absolute atomic E-state index is 0.168. The van der Waals surface area contributed by atoms with E-state index in [-0.39, 0.29) is 11.5 Å². The van der Waals surface area contributed by atoms with E-state index >= 15 is 0 Å². The van der Waals surface area contributed by atoms with E-state index in [1.807, 2.05) is 12.1 Å². The molecule has 21 heavy (non-hydrogen) atoms. The van der Waals surface area contributed by atoms with Crippen LogP contribution in [0.1, 0.15) is 20.7 Å². The van der Waals surface area contributed by atoms with Gasteiger partial charge in [-0.05, 0) is 30.3 Å². The van der Waals surface area contributed by atoms with Crippen molar-refractivity contribution < 1.29 is 19.1 Å². The molecule has 1 heterocycles. The molecule has 1 aromatic heterocycles. The summed E-state index contributed by atoms with van der Waals surface area (Å²) in [5.74, 6) is -1.31. The average molecular weight is 281 g/mol. The molecule has 5 nitrogen and oxygen atoms in total. The second-order valence-corrected chi connectivity index (χ2v) is 4.48. The Hall–Kier alpha value is -3.08. The van der Waals surface area contributed by atoms with Crippen LogP contribution in [0.2, 0.25) is 0 Å². The molecule has 0 saturated heterocycles. The number of anilines is 1. The predicted molar refractivity (Wildman–Crippen MR) is 77.6 cm³/mol. The van der Waals surface area contributed by atoms with Gasteiger partial charge in [0.1, 0.15) is 11.8 Å². The summed E-state index contributed by atoms with van der Waals surface area (Å²) in [5, 5.41) is 12.3. The second kappa shape index (κ2) is 5.13. The number of amides is 1. The van der Waals surface area contributed by atoms with Crippen LogP contribution in [0.3, 0.4) is 0 Å². The molecule has 5 heteroatoms. The Morgan fingerprint density at radius 1 is 1.00 bits per heavy atom. The Bertz CT molecular complexity index is 818. The van der Waals surface area contributed by atoms with E-state index in [2.05, 4.69) is 5.32 Å². The average Bonchev–Trinajstić information content (AvgIpc) is 2.92. The first-order valence-electron chi connectivity index (χ1n) is 6.26. The number of hydrogen-bond acceptors (Lipinski definition) is 3. The fraction of sp³-hybridized carbons (Fsp3) is 0. The highest BCUT2D eigenvalue weighted by Gasteiger charge is 2.13. The highest BCUT2D eigenvalue weighted by molar-refractivity contribution is 6.12. The number of carboxylic acid groups (broad SMARTS) is 1. The van der Waals surface area contributed by atoms with E-state index in [4.69, 9.17) is 9.52 Å². The summed E-state index contributed by atoms with van der Waals surface area (Å²) >= 11 is 0. The highest BCUT2D eigenvalue weighted by Crippen LogP contribution is 2.22. The summed E-state index contributed by atoms with van der Waals surface area (Å²) < 4.78 is 5.32. The van der Waals surface area contributed by atoms with E-state index in [0.29, 0.717) is 16.8 Å². The summed E-state index contributed by atoms with van der Waals surface area (Å²) in [6.07, 6.45) is 1.41. The lowest BCUT2D eigenvalue weighted by Gasteiger charge is -2.04. The van der Waals surface area contributed by atoms with Gasteiger partial charge in [0.05, 0.1) is 11.1 Å². The van der Waals surface area contributed by atoms with Crippen LogP contribution >= 0.6 is 0 Å². The maximum absolute atomic E-state index is 12.2. The molecule has 0 spiro atoms. The number of para-hydroxylation sites is 1. The summed E-state index contributed by atoms with van der Waals surface area (Å²) in [6.45, 7) is 0.